The Kier molecular flexibility index (Phi) is 4.12. The second-order valence-electron chi connectivity index (χ2n) is 6.45. The highest BCUT2D eigenvalue weighted by atomic mass is 16.3. The number of amides is 1. The van der Waals surface area contributed by atoms with Gasteiger partial charge in [0, 0.05) is 24.2 Å². The lowest BCUT2D eigenvalue weighted by Gasteiger charge is -2.25. The van der Waals surface area contributed by atoms with Crippen molar-refractivity contribution in [2.75, 3.05) is 6.54 Å². The zero-order valence-corrected chi connectivity index (χ0v) is 13.9. The van der Waals surface area contributed by atoms with Crippen LogP contribution in [0.2, 0.25) is 0 Å². The first-order valence-corrected chi connectivity index (χ1v) is 8.47. The van der Waals surface area contributed by atoms with Gasteiger partial charge >= 0.3 is 0 Å². The minimum absolute atomic E-state index is 0.388. The van der Waals surface area contributed by atoms with Crippen molar-refractivity contribution in [1.29, 1.82) is 0 Å². The molecule has 1 amide bonds. The van der Waals surface area contributed by atoms with Gasteiger partial charge in [-0.15, -0.1) is 0 Å². The number of carbonyl (C=O) groups excluding carboxylic acids is 1. The number of rotatable bonds is 4. The van der Waals surface area contributed by atoms with Gasteiger partial charge in [0.15, 0.2) is 0 Å². The summed E-state index contributed by atoms with van der Waals surface area (Å²) >= 11 is 0. The van der Waals surface area contributed by atoms with Crippen molar-refractivity contribution in [2.24, 2.45) is 5.73 Å². The molecular weight excluding hydrogens is 312 g/mol. The van der Waals surface area contributed by atoms with Crippen LogP contribution in [0.5, 0.6) is 0 Å². The maximum absolute atomic E-state index is 11.3. The molecule has 3 aromatic rings. The highest BCUT2D eigenvalue weighted by Crippen LogP contribution is 2.30. The maximum Gasteiger partial charge on any atom is 0.248 e. The molecule has 0 atom stereocenters. The summed E-state index contributed by atoms with van der Waals surface area (Å²) in [6, 6.07) is 19.9. The molecule has 4 heteroatoms. The van der Waals surface area contributed by atoms with Crippen LogP contribution >= 0.6 is 0 Å². The quantitative estimate of drug-likeness (QED) is 0.794. The molecule has 2 heterocycles. The Balaban J connectivity index is 1.51. The molecule has 1 aromatic heterocycles. The van der Waals surface area contributed by atoms with E-state index in [4.69, 9.17) is 10.2 Å². The smallest absolute Gasteiger partial charge is 0.248 e. The minimum atomic E-state index is -0.388. The van der Waals surface area contributed by atoms with Crippen molar-refractivity contribution >= 4 is 5.91 Å². The normalized spacial score (nSPS) is 14.2. The molecule has 4 nitrogen and oxygen atoms in total. The van der Waals surface area contributed by atoms with Gasteiger partial charge in [0.25, 0.3) is 0 Å². The number of hydrogen-bond donors (Lipinski definition) is 1. The molecule has 2 N–H and O–H groups in total. The van der Waals surface area contributed by atoms with Crippen LogP contribution in [0.4, 0.5) is 0 Å². The van der Waals surface area contributed by atoms with Crippen molar-refractivity contribution in [3.63, 3.8) is 0 Å². The third-order valence-corrected chi connectivity index (χ3v) is 4.64. The fourth-order valence-electron chi connectivity index (χ4n) is 3.33. The lowest BCUT2D eigenvalue weighted by molar-refractivity contribution is 0.1000. The summed E-state index contributed by atoms with van der Waals surface area (Å²) in [5.74, 6) is 1.58. The lowest BCUT2D eigenvalue weighted by Crippen LogP contribution is -2.29. The Bertz CT molecular complexity index is 899. The minimum Gasteiger partial charge on any atom is -0.459 e. The van der Waals surface area contributed by atoms with Gasteiger partial charge in [0.2, 0.25) is 5.91 Å². The molecule has 0 saturated carbocycles. The molecule has 4 rings (SSSR count). The standard InChI is InChI=1S/C21H20N2O2/c22-21(24)18-8-4-5-15(11-18)13-23-10-9-17-12-19(25-20(17)14-23)16-6-2-1-3-7-16/h1-8,11-12H,9-10,13-14H2,(H2,22,24). The van der Waals surface area contributed by atoms with Crippen molar-refractivity contribution in [3.8, 4) is 11.3 Å². The molecule has 1 aliphatic heterocycles. The average Bonchev–Trinajstić information content (AvgIpc) is 3.06. The number of carbonyl (C=O) groups is 1. The second kappa shape index (κ2) is 6.57. The Morgan fingerprint density at radius 3 is 2.72 bits per heavy atom. The number of hydrogen-bond acceptors (Lipinski definition) is 3. The SMILES string of the molecule is NC(=O)c1cccc(CN2CCc3cc(-c4ccccc4)oc3C2)c1. The molecule has 0 aliphatic carbocycles. The van der Waals surface area contributed by atoms with E-state index < -0.39 is 0 Å². The van der Waals surface area contributed by atoms with Crippen LogP contribution in [0.15, 0.2) is 65.1 Å². The largest absolute Gasteiger partial charge is 0.459 e. The van der Waals surface area contributed by atoms with Crippen LogP contribution in [0.3, 0.4) is 0 Å². The third kappa shape index (κ3) is 3.35. The highest BCUT2D eigenvalue weighted by Gasteiger charge is 2.21. The summed E-state index contributed by atoms with van der Waals surface area (Å²) in [4.78, 5) is 13.7. The molecule has 0 radical (unpaired) electrons. The first-order valence-electron chi connectivity index (χ1n) is 8.47. The number of furan rings is 1. The molecule has 0 unspecified atom stereocenters. The molecule has 0 saturated heterocycles. The Hall–Kier alpha value is -2.85. The molecule has 0 fully saturated rings. The summed E-state index contributed by atoms with van der Waals surface area (Å²) in [6.07, 6.45) is 0.973. The van der Waals surface area contributed by atoms with Gasteiger partial charge in [-0.25, -0.2) is 0 Å². The summed E-state index contributed by atoms with van der Waals surface area (Å²) in [5, 5.41) is 0. The summed E-state index contributed by atoms with van der Waals surface area (Å²) in [7, 11) is 0. The van der Waals surface area contributed by atoms with E-state index in [2.05, 4.69) is 23.1 Å². The number of nitrogens with two attached hydrogens (primary N) is 1. The fourth-order valence-corrected chi connectivity index (χ4v) is 3.33. The molecule has 1 aliphatic rings. The van der Waals surface area contributed by atoms with Gasteiger partial charge in [-0.2, -0.15) is 0 Å². The molecule has 25 heavy (non-hydrogen) atoms. The van der Waals surface area contributed by atoms with Crippen LogP contribution in [-0.4, -0.2) is 17.4 Å². The van der Waals surface area contributed by atoms with Gasteiger partial charge in [0.1, 0.15) is 11.5 Å². The number of benzene rings is 2. The first-order chi connectivity index (χ1) is 12.2. The van der Waals surface area contributed by atoms with Gasteiger partial charge in [-0.05, 0) is 35.7 Å². The van der Waals surface area contributed by atoms with E-state index in [1.807, 2.05) is 36.4 Å². The van der Waals surface area contributed by atoms with Crippen LogP contribution in [0.1, 0.15) is 27.2 Å². The van der Waals surface area contributed by atoms with Gasteiger partial charge < -0.3 is 10.2 Å². The Morgan fingerprint density at radius 2 is 1.92 bits per heavy atom. The summed E-state index contributed by atoms with van der Waals surface area (Å²) in [5.41, 5.74) is 9.42. The van der Waals surface area contributed by atoms with E-state index in [-0.39, 0.29) is 5.91 Å². The molecule has 126 valence electrons. The van der Waals surface area contributed by atoms with E-state index >= 15 is 0 Å². The molecule has 2 aromatic carbocycles. The van der Waals surface area contributed by atoms with E-state index in [1.165, 1.54) is 5.56 Å². The number of primary amides is 1. The lowest BCUT2D eigenvalue weighted by atomic mass is 10.0. The van der Waals surface area contributed by atoms with Crippen molar-refractivity contribution in [1.82, 2.24) is 4.90 Å². The van der Waals surface area contributed by atoms with Crippen molar-refractivity contribution < 1.29 is 9.21 Å². The highest BCUT2D eigenvalue weighted by molar-refractivity contribution is 5.92. The predicted octanol–water partition coefficient (Wildman–Crippen LogP) is 3.60. The topological polar surface area (TPSA) is 59.5 Å². The maximum atomic E-state index is 11.3. The third-order valence-electron chi connectivity index (χ3n) is 4.64. The monoisotopic (exact) mass is 332 g/mol. The number of nitrogens with zero attached hydrogens (tertiary/aromatic N) is 1. The van der Waals surface area contributed by atoms with Crippen LogP contribution < -0.4 is 5.73 Å². The zero-order valence-electron chi connectivity index (χ0n) is 13.9. The van der Waals surface area contributed by atoms with Gasteiger partial charge in [0.05, 0.1) is 6.54 Å². The van der Waals surface area contributed by atoms with E-state index in [9.17, 15) is 4.79 Å². The second-order valence-corrected chi connectivity index (χ2v) is 6.45. The van der Waals surface area contributed by atoms with Gasteiger partial charge in [-0.1, -0.05) is 42.5 Å². The molecule has 0 bridgehead atoms. The van der Waals surface area contributed by atoms with E-state index in [0.29, 0.717) is 5.56 Å². The number of fused-ring (bicyclic) bond motifs is 1. The summed E-state index contributed by atoms with van der Waals surface area (Å²) in [6.45, 7) is 2.53. The van der Waals surface area contributed by atoms with Crippen molar-refractivity contribution in [3.05, 3.63) is 83.1 Å². The molecule has 0 spiro atoms. The van der Waals surface area contributed by atoms with Crippen LogP contribution in [-0.2, 0) is 19.5 Å². The predicted molar refractivity (Wildman–Crippen MR) is 96.9 cm³/mol. The van der Waals surface area contributed by atoms with E-state index in [1.54, 1.807) is 6.07 Å². The first kappa shape index (κ1) is 15.7. The van der Waals surface area contributed by atoms with Gasteiger partial charge in [-0.3, -0.25) is 9.69 Å². The van der Waals surface area contributed by atoms with Crippen molar-refractivity contribution in [2.45, 2.75) is 19.5 Å². The molecular formula is C21H20N2O2. The average molecular weight is 332 g/mol. The Morgan fingerprint density at radius 1 is 1.08 bits per heavy atom. The van der Waals surface area contributed by atoms with Crippen LogP contribution in [0.25, 0.3) is 11.3 Å². The fraction of sp³-hybridized carbons (Fsp3) is 0.190. The van der Waals surface area contributed by atoms with Crippen LogP contribution in [0, 0.1) is 0 Å². The zero-order chi connectivity index (χ0) is 17.2. The Labute approximate surface area is 146 Å². The summed E-state index contributed by atoms with van der Waals surface area (Å²) < 4.78 is 6.11. The van der Waals surface area contributed by atoms with E-state index in [0.717, 1.165) is 48.7 Å².